The van der Waals surface area contributed by atoms with Crippen LogP contribution in [0.5, 0.6) is 0 Å². The number of fused-ring (bicyclic) bond motifs is 1. The smallest absolute Gasteiger partial charge is 0.330 e. The van der Waals surface area contributed by atoms with Gasteiger partial charge in [0, 0.05) is 6.54 Å². The van der Waals surface area contributed by atoms with E-state index in [-0.39, 0.29) is 29.0 Å². The van der Waals surface area contributed by atoms with Crippen molar-refractivity contribution in [3.8, 4) is 0 Å². The summed E-state index contributed by atoms with van der Waals surface area (Å²) in [6.45, 7) is 1.59. The van der Waals surface area contributed by atoms with Gasteiger partial charge in [0.25, 0.3) is 11.8 Å². The monoisotopic (exact) mass is 388 g/mol. The number of hydrogen-bond acceptors (Lipinski definition) is 6. The van der Waals surface area contributed by atoms with Gasteiger partial charge >= 0.3 is 5.97 Å². The zero-order valence-corrected chi connectivity index (χ0v) is 15.2. The van der Waals surface area contributed by atoms with Gasteiger partial charge in [-0.3, -0.25) is 9.59 Å². The molecule has 1 aliphatic rings. The molecule has 0 aromatic heterocycles. The van der Waals surface area contributed by atoms with Crippen LogP contribution in [-0.2, 0) is 19.7 Å². The molecule has 27 heavy (non-hydrogen) atoms. The van der Waals surface area contributed by atoms with Gasteiger partial charge in [-0.25, -0.2) is 17.9 Å². The molecule has 1 aliphatic heterocycles. The molecule has 0 saturated carbocycles. The first-order chi connectivity index (χ1) is 12.8. The number of hydroxylamine groups is 2. The van der Waals surface area contributed by atoms with Gasteiger partial charge in [-0.2, -0.15) is 0 Å². The summed E-state index contributed by atoms with van der Waals surface area (Å²) in [4.78, 5) is 41.0. The highest BCUT2D eigenvalue weighted by molar-refractivity contribution is 7.89. The first-order valence-electron chi connectivity index (χ1n) is 8.04. The predicted molar refractivity (Wildman–Crippen MR) is 94.0 cm³/mol. The number of amides is 2. The van der Waals surface area contributed by atoms with Crippen molar-refractivity contribution in [2.24, 2.45) is 0 Å². The zero-order valence-electron chi connectivity index (χ0n) is 14.3. The van der Waals surface area contributed by atoms with Crippen LogP contribution >= 0.6 is 0 Å². The average molecular weight is 388 g/mol. The third-order valence-electron chi connectivity index (χ3n) is 3.90. The summed E-state index contributed by atoms with van der Waals surface area (Å²) in [6, 6.07) is 12.3. The van der Waals surface area contributed by atoms with Gasteiger partial charge in [0.1, 0.15) is 0 Å². The number of benzene rings is 2. The van der Waals surface area contributed by atoms with Crippen LogP contribution in [0.3, 0.4) is 0 Å². The lowest BCUT2D eigenvalue weighted by molar-refractivity contribution is -0.168. The number of hydrogen-bond donors (Lipinski definition) is 1. The van der Waals surface area contributed by atoms with Crippen molar-refractivity contribution in [1.82, 2.24) is 9.79 Å². The maximum atomic E-state index is 12.1. The first kappa shape index (κ1) is 18.7. The Hall–Kier alpha value is -3.04. The molecule has 0 fully saturated rings. The number of carbonyl (C=O) groups is 3. The van der Waals surface area contributed by atoms with Gasteiger partial charge in [0.2, 0.25) is 10.0 Å². The number of sulfonamides is 1. The van der Waals surface area contributed by atoms with E-state index >= 15 is 0 Å². The standard InChI is InChI=1S/C18H16N2O6S/c1-12-6-8-13(9-7-12)27(24,25)19-11-10-16(21)26-20-17(22)14-4-2-3-5-15(14)18(20)23/h2-9,19H,10-11H2,1H3. The fourth-order valence-corrected chi connectivity index (χ4v) is 3.52. The van der Waals surface area contributed by atoms with Crippen molar-refractivity contribution in [2.75, 3.05) is 6.54 Å². The number of nitrogens with zero attached hydrogens (tertiary/aromatic N) is 1. The van der Waals surface area contributed by atoms with Crippen LogP contribution < -0.4 is 4.72 Å². The first-order valence-corrected chi connectivity index (χ1v) is 9.53. The number of rotatable bonds is 6. The van der Waals surface area contributed by atoms with Crippen molar-refractivity contribution >= 4 is 27.8 Å². The van der Waals surface area contributed by atoms with Gasteiger partial charge in [0.15, 0.2) is 0 Å². The molecule has 2 amide bonds. The van der Waals surface area contributed by atoms with Crippen molar-refractivity contribution < 1.29 is 27.6 Å². The van der Waals surface area contributed by atoms with Crippen LogP contribution in [0.15, 0.2) is 53.4 Å². The number of imide groups is 1. The minimum absolute atomic E-state index is 0.0711. The van der Waals surface area contributed by atoms with Crippen molar-refractivity contribution in [2.45, 2.75) is 18.2 Å². The van der Waals surface area contributed by atoms with Gasteiger partial charge < -0.3 is 4.84 Å². The van der Waals surface area contributed by atoms with E-state index in [9.17, 15) is 22.8 Å². The van der Waals surface area contributed by atoms with E-state index < -0.39 is 27.8 Å². The van der Waals surface area contributed by atoms with Gasteiger partial charge in [-0.1, -0.05) is 34.9 Å². The molecule has 0 aliphatic carbocycles. The molecule has 0 radical (unpaired) electrons. The molecule has 140 valence electrons. The second-order valence-electron chi connectivity index (χ2n) is 5.87. The largest absolute Gasteiger partial charge is 0.334 e. The fourth-order valence-electron chi connectivity index (χ4n) is 2.49. The van der Waals surface area contributed by atoms with Crippen molar-refractivity contribution in [1.29, 1.82) is 0 Å². The molecule has 0 saturated heterocycles. The van der Waals surface area contributed by atoms with Crippen LogP contribution in [0.25, 0.3) is 0 Å². The molecule has 1 N–H and O–H groups in total. The maximum absolute atomic E-state index is 12.1. The molecule has 0 atom stereocenters. The van der Waals surface area contributed by atoms with Crippen molar-refractivity contribution in [3.05, 3.63) is 65.2 Å². The Labute approximate surface area is 155 Å². The lowest BCUT2D eigenvalue weighted by atomic mass is 10.1. The SMILES string of the molecule is Cc1ccc(S(=O)(=O)NCCC(=O)ON2C(=O)c3ccccc3C2=O)cc1. The average Bonchev–Trinajstić information content (AvgIpc) is 2.87. The molecule has 0 unspecified atom stereocenters. The Morgan fingerprint density at radius 3 is 2.11 bits per heavy atom. The van der Waals surface area contributed by atoms with Crippen LogP contribution in [0.1, 0.15) is 32.7 Å². The number of carbonyl (C=O) groups excluding carboxylic acids is 3. The minimum Gasteiger partial charge on any atom is -0.330 e. The topological polar surface area (TPSA) is 110 Å². The van der Waals surface area contributed by atoms with E-state index in [1.165, 1.54) is 24.3 Å². The van der Waals surface area contributed by atoms with E-state index in [0.717, 1.165) is 5.56 Å². The molecular weight excluding hydrogens is 372 g/mol. The number of aryl methyl sites for hydroxylation is 1. The molecule has 0 spiro atoms. The van der Waals surface area contributed by atoms with E-state index in [2.05, 4.69) is 4.72 Å². The highest BCUT2D eigenvalue weighted by Crippen LogP contribution is 2.22. The Bertz CT molecular complexity index is 979. The summed E-state index contributed by atoms with van der Waals surface area (Å²) >= 11 is 0. The third-order valence-corrected chi connectivity index (χ3v) is 5.38. The summed E-state index contributed by atoms with van der Waals surface area (Å²) in [7, 11) is -3.77. The summed E-state index contributed by atoms with van der Waals surface area (Å²) in [5, 5.41) is 0.390. The lowest BCUT2D eigenvalue weighted by Crippen LogP contribution is -2.34. The van der Waals surface area contributed by atoms with Crippen LogP contribution in [0.2, 0.25) is 0 Å². The fraction of sp³-hybridized carbons (Fsp3) is 0.167. The molecule has 3 rings (SSSR count). The molecule has 1 heterocycles. The van der Waals surface area contributed by atoms with Gasteiger partial charge in [-0.05, 0) is 31.2 Å². The maximum Gasteiger partial charge on any atom is 0.334 e. The van der Waals surface area contributed by atoms with Crippen molar-refractivity contribution in [3.63, 3.8) is 0 Å². The summed E-state index contributed by atoms with van der Waals surface area (Å²) in [6.07, 6.45) is -0.349. The second kappa shape index (κ2) is 7.29. The summed E-state index contributed by atoms with van der Waals surface area (Å²) < 4.78 is 26.6. The number of nitrogens with one attached hydrogen (secondary N) is 1. The third kappa shape index (κ3) is 3.88. The molecule has 9 heteroatoms. The summed E-state index contributed by atoms with van der Waals surface area (Å²) in [5.41, 5.74) is 1.21. The Balaban J connectivity index is 1.56. The molecule has 0 bridgehead atoms. The highest BCUT2D eigenvalue weighted by atomic mass is 32.2. The van der Waals surface area contributed by atoms with Gasteiger partial charge in [0.05, 0.1) is 22.4 Å². The quantitative estimate of drug-likeness (QED) is 0.750. The van der Waals surface area contributed by atoms with Crippen LogP contribution in [0, 0.1) is 6.92 Å². The van der Waals surface area contributed by atoms with E-state index in [4.69, 9.17) is 4.84 Å². The van der Waals surface area contributed by atoms with E-state index in [1.807, 2.05) is 6.92 Å². The second-order valence-corrected chi connectivity index (χ2v) is 7.64. The minimum atomic E-state index is -3.77. The zero-order chi connectivity index (χ0) is 19.6. The van der Waals surface area contributed by atoms with Crippen LogP contribution in [0.4, 0.5) is 0 Å². The lowest BCUT2D eigenvalue weighted by Gasteiger charge is -2.13. The molecule has 2 aromatic rings. The Morgan fingerprint density at radius 1 is 1.00 bits per heavy atom. The van der Waals surface area contributed by atoms with E-state index in [1.54, 1.807) is 24.3 Å². The Morgan fingerprint density at radius 2 is 1.56 bits per heavy atom. The highest BCUT2D eigenvalue weighted by Gasteiger charge is 2.38. The molecule has 2 aromatic carbocycles. The van der Waals surface area contributed by atoms with E-state index in [0.29, 0.717) is 5.06 Å². The molecular formula is C18H16N2O6S. The van der Waals surface area contributed by atoms with Crippen LogP contribution in [-0.4, -0.2) is 37.8 Å². The summed E-state index contributed by atoms with van der Waals surface area (Å²) in [5.74, 6) is -2.37. The van der Waals surface area contributed by atoms with Gasteiger partial charge in [-0.15, -0.1) is 0 Å². The Kier molecular flexibility index (Phi) is 5.06. The normalized spacial score (nSPS) is 13.6. The molecule has 8 nitrogen and oxygen atoms in total. The predicted octanol–water partition coefficient (Wildman–Crippen LogP) is 1.42.